The molecule has 0 saturated carbocycles. The molecule has 2 aromatic carbocycles. The Balaban J connectivity index is 1.41. The zero-order valence-electron chi connectivity index (χ0n) is 19.8. The molecule has 1 aliphatic heterocycles. The number of benzene rings is 2. The number of halogens is 1. The molecule has 0 aliphatic carbocycles. The number of nitrogens with one attached hydrogen (secondary N) is 1. The molecule has 36 heavy (non-hydrogen) atoms. The van der Waals surface area contributed by atoms with Gasteiger partial charge in [-0.2, -0.15) is 0 Å². The van der Waals surface area contributed by atoms with E-state index in [9.17, 15) is 19.2 Å². The van der Waals surface area contributed by atoms with Crippen LogP contribution >= 0.6 is 11.6 Å². The first-order valence-corrected chi connectivity index (χ1v) is 12.4. The van der Waals surface area contributed by atoms with Crippen LogP contribution in [0.25, 0.3) is 0 Å². The summed E-state index contributed by atoms with van der Waals surface area (Å²) in [6.07, 6.45) is 3.19. The zero-order valence-corrected chi connectivity index (χ0v) is 20.6. The summed E-state index contributed by atoms with van der Waals surface area (Å²) in [5, 5.41) is 3.46. The van der Waals surface area contributed by atoms with Crippen LogP contribution in [0.5, 0.6) is 0 Å². The van der Waals surface area contributed by atoms with Crippen molar-refractivity contribution in [3.63, 3.8) is 0 Å². The first-order valence-electron chi connectivity index (χ1n) is 12.0. The number of nitrogens with zero attached hydrogens (tertiary/aromatic N) is 2. The normalized spacial score (nSPS) is 14.8. The predicted octanol–water partition coefficient (Wildman–Crippen LogP) is 3.52. The Hall–Kier alpha value is -3.71. The van der Waals surface area contributed by atoms with E-state index in [1.807, 2.05) is 30.3 Å². The SMILES string of the molecule is O=C(NCCc1ccccc1)C1CCN(C(=O)C(C(=O)c2ccc(Cl)cc2)n2ccccc2=O)CC1. The lowest BCUT2D eigenvalue weighted by molar-refractivity contribution is -0.137. The average molecular weight is 506 g/mol. The van der Waals surface area contributed by atoms with Crippen molar-refractivity contribution in [2.24, 2.45) is 5.92 Å². The number of rotatable bonds is 8. The molecule has 0 bridgehead atoms. The summed E-state index contributed by atoms with van der Waals surface area (Å²) >= 11 is 5.95. The van der Waals surface area contributed by atoms with Crippen LogP contribution in [-0.2, 0) is 16.0 Å². The molecule has 0 spiro atoms. The molecule has 8 heteroatoms. The van der Waals surface area contributed by atoms with Gasteiger partial charge >= 0.3 is 0 Å². The molecule has 2 heterocycles. The second-order valence-corrected chi connectivity index (χ2v) is 9.28. The van der Waals surface area contributed by atoms with E-state index < -0.39 is 23.3 Å². The predicted molar refractivity (Wildman–Crippen MR) is 138 cm³/mol. The van der Waals surface area contributed by atoms with Crippen molar-refractivity contribution in [2.45, 2.75) is 25.3 Å². The van der Waals surface area contributed by atoms with Gasteiger partial charge in [0.15, 0.2) is 11.8 Å². The van der Waals surface area contributed by atoms with Crippen molar-refractivity contribution in [1.29, 1.82) is 0 Å². The maximum Gasteiger partial charge on any atom is 0.253 e. The topological polar surface area (TPSA) is 88.5 Å². The van der Waals surface area contributed by atoms with Gasteiger partial charge in [-0.05, 0) is 55.2 Å². The maximum atomic E-state index is 13.6. The lowest BCUT2D eigenvalue weighted by Gasteiger charge is -2.33. The van der Waals surface area contributed by atoms with E-state index >= 15 is 0 Å². The highest BCUT2D eigenvalue weighted by atomic mass is 35.5. The summed E-state index contributed by atoms with van der Waals surface area (Å²) in [6.45, 7) is 1.22. The Kier molecular flexibility index (Phi) is 8.33. The second-order valence-electron chi connectivity index (χ2n) is 8.85. The van der Waals surface area contributed by atoms with Crippen molar-refractivity contribution in [3.8, 4) is 0 Å². The Labute approximate surface area is 214 Å². The molecule has 1 saturated heterocycles. The van der Waals surface area contributed by atoms with Crippen LogP contribution in [0.2, 0.25) is 5.02 Å². The summed E-state index contributed by atoms with van der Waals surface area (Å²) < 4.78 is 1.17. The number of piperidine rings is 1. The smallest absolute Gasteiger partial charge is 0.253 e. The molecule has 4 rings (SSSR count). The average Bonchev–Trinajstić information content (AvgIpc) is 2.91. The summed E-state index contributed by atoms with van der Waals surface area (Å²) in [7, 11) is 0. The van der Waals surface area contributed by atoms with Crippen molar-refractivity contribution in [3.05, 3.63) is 105 Å². The van der Waals surface area contributed by atoms with Crippen molar-refractivity contribution >= 4 is 29.2 Å². The third kappa shape index (κ3) is 6.10. The molecule has 2 amide bonds. The highest BCUT2D eigenvalue weighted by Gasteiger charge is 2.36. The Morgan fingerprint density at radius 1 is 0.917 bits per heavy atom. The van der Waals surface area contributed by atoms with Gasteiger partial charge in [0.25, 0.3) is 11.5 Å². The van der Waals surface area contributed by atoms with Gasteiger partial charge in [-0.15, -0.1) is 0 Å². The molecule has 1 N–H and O–H groups in total. The maximum absolute atomic E-state index is 13.6. The second kappa shape index (κ2) is 11.8. The molecule has 3 aromatic rings. The minimum Gasteiger partial charge on any atom is -0.356 e. The fraction of sp³-hybridized carbons (Fsp3) is 0.286. The number of ketones is 1. The van der Waals surface area contributed by atoms with Gasteiger partial charge in [0, 0.05) is 48.4 Å². The minimum atomic E-state index is -1.32. The molecule has 1 aliphatic rings. The van der Waals surface area contributed by atoms with Gasteiger partial charge in [0.2, 0.25) is 5.91 Å². The van der Waals surface area contributed by atoms with Gasteiger partial charge in [-0.25, -0.2) is 0 Å². The number of carbonyl (C=O) groups excluding carboxylic acids is 3. The number of Topliss-reactive ketones (excluding diaryl/α,β-unsaturated/α-hetero) is 1. The van der Waals surface area contributed by atoms with Crippen molar-refractivity contribution < 1.29 is 14.4 Å². The van der Waals surface area contributed by atoms with E-state index in [1.165, 1.54) is 16.8 Å². The number of likely N-dealkylation sites (tertiary alicyclic amines) is 1. The van der Waals surface area contributed by atoms with Gasteiger partial charge in [0.05, 0.1) is 0 Å². The largest absolute Gasteiger partial charge is 0.356 e. The number of amides is 2. The fourth-order valence-electron chi connectivity index (χ4n) is 4.44. The number of hydrogen-bond donors (Lipinski definition) is 1. The first kappa shape index (κ1) is 25.4. The van der Waals surface area contributed by atoms with E-state index in [-0.39, 0.29) is 11.8 Å². The van der Waals surface area contributed by atoms with Gasteiger partial charge in [0.1, 0.15) is 0 Å². The monoisotopic (exact) mass is 505 g/mol. The highest BCUT2D eigenvalue weighted by Crippen LogP contribution is 2.23. The van der Waals surface area contributed by atoms with Gasteiger partial charge in [-0.1, -0.05) is 48.0 Å². The summed E-state index contributed by atoms with van der Waals surface area (Å²) in [5.41, 5.74) is 1.01. The Morgan fingerprint density at radius 3 is 2.25 bits per heavy atom. The van der Waals surface area contributed by atoms with E-state index in [2.05, 4.69) is 5.32 Å². The molecular formula is C28H28ClN3O4. The van der Waals surface area contributed by atoms with Crippen LogP contribution in [0.3, 0.4) is 0 Å². The molecule has 186 valence electrons. The van der Waals surface area contributed by atoms with Crippen LogP contribution in [0.1, 0.15) is 34.8 Å². The molecule has 1 unspecified atom stereocenters. The van der Waals surface area contributed by atoms with Crippen LogP contribution in [0.4, 0.5) is 0 Å². The summed E-state index contributed by atoms with van der Waals surface area (Å²) in [4.78, 5) is 53.7. The van der Waals surface area contributed by atoms with Crippen LogP contribution in [-0.4, -0.2) is 46.7 Å². The zero-order chi connectivity index (χ0) is 25.5. The van der Waals surface area contributed by atoms with Crippen LogP contribution in [0, 0.1) is 5.92 Å². The lowest BCUT2D eigenvalue weighted by Crippen LogP contribution is -2.48. The standard InChI is InChI=1S/C28H28ClN3O4/c29-23-11-9-21(10-12-23)26(34)25(32-17-5-4-8-24(32)33)28(36)31-18-14-22(15-19-31)27(35)30-16-13-20-6-2-1-3-7-20/h1-12,17,22,25H,13-16,18-19H2,(H,30,35). The molecular weight excluding hydrogens is 478 g/mol. The third-order valence-electron chi connectivity index (χ3n) is 6.47. The lowest BCUT2D eigenvalue weighted by atomic mass is 9.94. The third-order valence-corrected chi connectivity index (χ3v) is 6.73. The van der Waals surface area contributed by atoms with Crippen molar-refractivity contribution in [2.75, 3.05) is 19.6 Å². The van der Waals surface area contributed by atoms with Crippen LogP contribution < -0.4 is 10.9 Å². The Bertz CT molecular complexity index is 1270. The minimum absolute atomic E-state index is 0.0221. The highest BCUT2D eigenvalue weighted by molar-refractivity contribution is 6.30. The van der Waals surface area contributed by atoms with E-state index in [4.69, 9.17) is 11.6 Å². The number of pyridine rings is 1. The first-order chi connectivity index (χ1) is 17.4. The van der Waals surface area contributed by atoms with Gasteiger partial charge < -0.3 is 10.2 Å². The molecule has 1 fully saturated rings. The van der Waals surface area contributed by atoms with E-state index in [1.54, 1.807) is 41.3 Å². The van der Waals surface area contributed by atoms with E-state index in [0.717, 1.165) is 12.0 Å². The molecule has 1 aromatic heterocycles. The quantitative estimate of drug-likeness (QED) is 0.375. The molecule has 7 nitrogen and oxygen atoms in total. The van der Waals surface area contributed by atoms with Crippen molar-refractivity contribution in [1.82, 2.24) is 14.8 Å². The molecule has 1 atom stereocenters. The van der Waals surface area contributed by atoms with Crippen LogP contribution in [0.15, 0.2) is 83.8 Å². The number of aromatic nitrogens is 1. The number of carbonyl (C=O) groups is 3. The Morgan fingerprint density at radius 2 is 1.58 bits per heavy atom. The molecule has 0 radical (unpaired) electrons. The fourth-order valence-corrected chi connectivity index (χ4v) is 4.56. The number of hydrogen-bond acceptors (Lipinski definition) is 4. The van der Waals surface area contributed by atoms with Gasteiger partial charge in [-0.3, -0.25) is 23.7 Å². The summed E-state index contributed by atoms with van der Waals surface area (Å²) in [5.74, 6) is -1.15. The van der Waals surface area contributed by atoms with E-state index in [0.29, 0.717) is 43.1 Å². The summed E-state index contributed by atoms with van der Waals surface area (Å²) in [6, 6.07) is 19.4.